The standard InChI is InChI=1S/C23H31N3O3/c1-5-17-11-13-18(14-12-17)20(26(3)4)15-24-22(27)16-25-23(28)19-9-7-8-10-21(19)29-6-2/h7-14,20H,5-6,15-16H2,1-4H3,(H,24,27)(H,25,28). The number of nitrogens with one attached hydrogen (secondary N) is 2. The molecule has 29 heavy (non-hydrogen) atoms. The average Bonchev–Trinajstić information content (AvgIpc) is 2.73. The number of carbonyl (C=O) groups is 2. The molecule has 2 rings (SSSR count). The van der Waals surface area contributed by atoms with Crippen molar-refractivity contribution in [3.05, 3.63) is 65.2 Å². The largest absolute Gasteiger partial charge is 0.493 e. The molecule has 2 aromatic carbocycles. The topological polar surface area (TPSA) is 70.7 Å². The summed E-state index contributed by atoms with van der Waals surface area (Å²) >= 11 is 0. The minimum Gasteiger partial charge on any atom is -0.493 e. The zero-order valence-corrected chi connectivity index (χ0v) is 17.7. The number of hydrogen-bond acceptors (Lipinski definition) is 4. The third-order valence-electron chi connectivity index (χ3n) is 4.73. The molecule has 6 heteroatoms. The van der Waals surface area contributed by atoms with E-state index in [1.54, 1.807) is 18.2 Å². The minimum atomic E-state index is -0.330. The number of hydrogen-bond donors (Lipinski definition) is 2. The van der Waals surface area contributed by atoms with Crippen LogP contribution in [-0.4, -0.2) is 50.5 Å². The van der Waals surface area contributed by atoms with Crippen LogP contribution >= 0.6 is 0 Å². The molecule has 0 radical (unpaired) electrons. The Morgan fingerprint density at radius 2 is 1.69 bits per heavy atom. The second-order valence-corrected chi connectivity index (χ2v) is 6.99. The molecule has 1 atom stereocenters. The molecule has 0 bridgehead atoms. The van der Waals surface area contributed by atoms with E-state index in [4.69, 9.17) is 4.74 Å². The number of nitrogens with zero attached hydrogens (tertiary/aromatic N) is 1. The van der Waals surface area contributed by atoms with E-state index in [9.17, 15) is 9.59 Å². The summed E-state index contributed by atoms with van der Waals surface area (Å²) in [6.45, 7) is 4.83. The Kier molecular flexibility index (Phi) is 8.68. The fourth-order valence-corrected chi connectivity index (χ4v) is 3.04. The number of likely N-dealkylation sites (N-methyl/N-ethyl adjacent to an activating group) is 1. The smallest absolute Gasteiger partial charge is 0.255 e. The molecule has 0 heterocycles. The Hall–Kier alpha value is -2.86. The van der Waals surface area contributed by atoms with Gasteiger partial charge in [-0.1, -0.05) is 43.3 Å². The Bertz CT molecular complexity index is 803. The first-order valence-electron chi connectivity index (χ1n) is 9.98. The fourth-order valence-electron chi connectivity index (χ4n) is 3.04. The first kappa shape index (κ1) is 22.4. The number of rotatable bonds is 10. The molecule has 0 saturated carbocycles. The van der Waals surface area contributed by atoms with Gasteiger partial charge in [-0.25, -0.2) is 0 Å². The molecule has 0 saturated heterocycles. The van der Waals surface area contributed by atoms with E-state index in [2.05, 4.69) is 46.7 Å². The van der Waals surface area contributed by atoms with Crippen LogP contribution < -0.4 is 15.4 Å². The Morgan fingerprint density at radius 3 is 2.31 bits per heavy atom. The summed E-state index contributed by atoms with van der Waals surface area (Å²) in [6.07, 6.45) is 0.996. The zero-order valence-electron chi connectivity index (χ0n) is 17.7. The molecule has 0 spiro atoms. The van der Waals surface area contributed by atoms with Gasteiger partial charge in [0.1, 0.15) is 5.75 Å². The Morgan fingerprint density at radius 1 is 1.00 bits per heavy atom. The highest BCUT2D eigenvalue weighted by atomic mass is 16.5. The lowest BCUT2D eigenvalue weighted by Gasteiger charge is -2.25. The van der Waals surface area contributed by atoms with Crippen molar-refractivity contribution in [2.75, 3.05) is 33.8 Å². The van der Waals surface area contributed by atoms with Crippen molar-refractivity contribution in [3.8, 4) is 5.75 Å². The maximum Gasteiger partial charge on any atom is 0.255 e. The maximum atomic E-state index is 12.4. The molecule has 6 nitrogen and oxygen atoms in total. The molecule has 0 aliphatic rings. The monoisotopic (exact) mass is 397 g/mol. The maximum absolute atomic E-state index is 12.4. The summed E-state index contributed by atoms with van der Waals surface area (Å²) in [7, 11) is 3.97. The van der Waals surface area contributed by atoms with Gasteiger partial charge in [-0.3, -0.25) is 9.59 Å². The summed E-state index contributed by atoms with van der Waals surface area (Å²) in [4.78, 5) is 26.7. The van der Waals surface area contributed by atoms with E-state index in [0.717, 1.165) is 12.0 Å². The van der Waals surface area contributed by atoms with Gasteiger partial charge in [0.25, 0.3) is 5.91 Å². The predicted octanol–water partition coefficient (Wildman–Crippen LogP) is 2.80. The molecular formula is C23H31N3O3. The first-order valence-corrected chi connectivity index (χ1v) is 9.98. The Labute approximate surface area is 173 Å². The highest BCUT2D eigenvalue weighted by Crippen LogP contribution is 2.19. The second-order valence-electron chi connectivity index (χ2n) is 6.99. The summed E-state index contributed by atoms with van der Waals surface area (Å²) in [5.74, 6) is -0.0520. The number of aryl methyl sites for hydroxylation is 1. The number of carbonyl (C=O) groups excluding carboxylic acids is 2. The lowest BCUT2D eigenvalue weighted by atomic mass is 10.0. The highest BCUT2D eigenvalue weighted by Gasteiger charge is 2.17. The summed E-state index contributed by atoms with van der Waals surface area (Å²) in [5.41, 5.74) is 2.84. The summed E-state index contributed by atoms with van der Waals surface area (Å²) < 4.78 is 5.47. The molecule has 0 aromatic heterocycles. The molecule has 2 aromatic rings. The molecule has 0 aliphatic carbocycles. The summed E-state index contributed by atoms with van der Waals surface area (Å²) in [6, 6.07) is 15.5. The van der Waals surface area contributed by atoms with Crippen LogP contribution in [0.3, 0.4) is 0 Å². The van der Waals surface area contributed by atoms with Crippen LogP contribution in [0, 0.1) is 0 Å². The van der Waals surface area contributed by atoms with Crippen LogP contribution in [0.5, 0.6) is 5.75 Å². The van der Waals surface area contributed by atoms with Gasteiger partial charge in [0, 0.05) is 6.54 Å². The van der Waals surface area contributed by atoms with Crippen LogP contribution in [0.4, 0.5) is 0 Å². The van der Waals surface area contributed by atoms with Crippen molar-refractivity contribution in [2.45, 2.75) is 26.3 Å². The van der Waals surface area contributed by atoms with Gasteiger partial charge in [0.2, 0.25) is 5.91 Å². The van der Waals surface area contributed by atoms with Gasteiger partial charge in [-0.05, 0) is 50.7 Å². The molecule has 156 valence electrons. The van der Waals surface area contributed by atoms with E-state index >= 15 is 0 Å². The molecule has 2 N–H and O–H groups in total. The number of amides is 2. The van der Waals surface area contributed by atoms with Crippen molar-refractivity contribution >= 4 is 11.8 Å². The van der Waals surface area contributed by atoms with Gasteiger partial charge in [0.05, 0.1) is 24.8 Å². The van der Waals surface area contributed by atoms with Crippen molar-refractivity contribution in [2.24, 2.45) is 0 Å². The van der Waals surface area contributed by atoms with E-state index < -0.39 is 0 Å². The zero-order chi connectivity index (χ0) is 21.2. The van der Waals surface area contributed by atoms with Gasteiger partial charge < -0.3 is 20.3 Å². The average molecular weight is 398 g/mol. The van der Waals surface area contributed by atoms with E-state index in [0.29, 0.717) is 24.5 Å². The van der Waals surface area contributed by atoms with Gasteiger partial charge in [-0.15, -0.1) is 0 Å². The Balaban J connectivity index is 1.90. The third kappa shape index (κ3) is 6.61. The number of benzene rings is 2. The van der Waals surface area contributed by atoms with Crippen molar-refractivity contribution < 1.29 is 14.3 Å². The normalized spacial score (nSPS) is 11.8. The number of para-hydroxylation sites is 1. The van der Waals surface area contributed by atoms with Crippen LogP contribution in [0.25, 0.3) is 0 Å². The van der Waals surface area contributed by atoms with E-state index in [1.807, 2.05) is 27.1 Å². The van der Waals surface area contributed by atoms with Crippen molar-refractivity contribution in [1.29, 1.82) is 0 Å². The van der Waals surface area contributed by atoms with Gasteiger partial charge in [-0.2, -0.15) is 0 Å². The molecular weight excluding hydrogens is 366 g/mol. The van der Waals surface area contributed by atoms with Gasteiger partial charge in [0.15, 0.2) is 0 Å². The van der Waals surface area contributed by atoms with Crippen LogP contribution in [0.15, 0.2) is 48.5 Å². The highest BCUT2D eigenvalue weighted by molar-refractivity contribution is 5.98. The molecule has 0 fully saturated rings. The molecule has 1 unspecified atom stereocenters. The quantitative estimate of drug-likeness (QED) is 0.647. The van der Waals surface area contributed by atoms with Crippen LogP contribution in [-0.2, 0) is 11.2 Å². The number of ether oxygens (including phenoxy) is 1. The SMILES string of the molecule is CCOc1ccccc1C(=O)NCC(=O)NCC(c1ccc(CC)cc1)N(C)C. The van der Waals surface area contributed by atoms with Crippen molar-refractivity contribution in [3.63, 3.8) is 0 Å². The first-order chi connectivity index (χ1) is 14.0. The van der Waals surface area contributed by atoms with Crippen molar-refractivity contribution in [1.82, 2.24) is 15.5 Å². The van der Waals surface area contributed by atoms with E-state index in [-0.39, 0.29) is 24.4 Å². The predicted molar refractivity (Wildman–Crippen MR) is 115 cm³/mol. The second kappa shape index (κ2) is 11.2. The van der Waals surface area contributed by atoms with Crippen LogP contribution in [0.1, 0.15) is 41.4 Å². The summed E-state index contributed by atoms with van der Waals surface area (Å²) in [5, 5.41) is 5.57. The van der Waals surface area contributed by atoms with Crippen LogP contribution in [0.2, 0.25) is 0 Å². The minimum absolute atomic E-state index is 0.0548. The third-order valence-corrected chi connectivity index (χ3v) is 4.73. The molecule has 0 aliphatic heterocycles. The lowest BCUT2D eigenvalue weighted by Crippen LogP contribution is -2.40. The van der Waals surface area contributed by atoms with Gasteiger partial charge >= 0.3 is 0 Å². The lowest BCUT2D eigenvalue weighted by molar-refractivity contribution is -0.120. The molecule has 2 amide bonds. The fraction of sp³-hybridized carbons (Fsp3) is 0.391. The van der Waals surface area contributed by atoms with E-state index in [1.165, 1.54) is 5.56 Å².